The molecular weight excluding hydrogens is 402 g/mol. The summed E-state index contributed by atoms with van der Waals surface area (Å²) < 4.78 is 8.07. The van der Waals surface area contributed by atoms with Crippen molar-refractivity contribution < 1.29 is 4.74 Å². The minimum absolute atomic E-state index is 0.554. The van der Waals surface area contributed by atoms with Gasteiger partial charge in [0.2, 0.25) is 0 Å². The summed E-state index contributed by atoms with van der Waals surface area (Å²) in [5, 5.41) is 15.5. The van der Waals surface area contributed by atoms with Gasteiger partial charge in [0.25, 0.3) is 0 Å². The number of hydrogen-bond donors (Lipinski definition) is 2. The van der Waals surface area contributed by atoms with Crippen LogP contribution >= 0.6 is 0 Å². The molecule has 2 aromatic rings. The van der Waals surface area contributed by atoms with Gasteiger partial charge in [-0.15, -0.1) is 10.2 Å². The molecule has 1 aromatic heterocycles. The lowest BCUT2D eigenvalue weighted by Gasteiger charge is -2.24. The number of aromatic nitrogens is 3. The smallest absolute Gasteiger partial charge is 0.192 e. The van der Waals surface area contributed by atoms with E-state index in [2.05, 4.69) is 44.8 Å². The van der Waals surface area contributed by atoms with E-state index < -0.39 is 0 Å². The lowest BCUT2D eigenvalue weighted by Crippen LogP contribution is -2.44. The maximum absolute atomic E-state index is 6.07. The Morgan fingerprint density at radius 2 is 2.03 bits per heavy atom. The number of likely N-dealkylation sites (N-methyl/N-ethyl adjacent to an activating group) is 1. The first kappa shape index (κ1) is 22.6. The number of rotatable bonds is 10. The number of hydrogen-bond acceptors (Lipinski definition) is 5. The van der Waals surface area contributed by atoms with Gasteiger partial charge in [0.15, 0.2) is 11.8 Å². The van der Waals surface area contributed by atoms with Gasteiger partial charge >= 0.3 is 0 Å². The highest BCUT2D eigenvalue weighted by Gasteiger charge is 2.23. The highest BCUT2D eigenvalue weighted by molar-refractivity contribution is 5.79. The zero-order valence-electron chi connectivity index (χ0n) is 19.7. The van der Waals surface area contributed by atoms with Crippen LogP contribution in [0, 0.1) is 12.8 Å². The van der Waals surface area contributed by atoms with E-state index in [4.69, 9.17) is 9.73 Å². The van der Waals surface area contributed by atoms with Gasteiger partial charge < -0.3 is 19.9 Å². The third kappa shape index (κ3) is 6.00. The first-order valence-corrected chi connectivity index (χ1v) is 12.0. The molecule has 2 fully saturated rings. The molecule has 1 saturated carbocycles. The van der Waals surface area contributed by atoms with Gasteiger partial charge in [-0.2, -0.15) is 0 Å². The van der Waals surface area contributed by atoms with Crippen molar-refractivity contribution in [2.45, 2.75) is 58.7 Å². The van der Waals surface area contributed by atoms with Crippen LogP contribution < -0.4 is 15.4 Å². The average molecular weight is 440 g/mol. The van der Waals surface area contributed by atoms with E-state index in [1.807, 2.05) is 30.7 Å². The molecule has 0 spiro atoms. The Labute approximate surface area is 191 Å². The summed E-state index contributed by atoms with van der Waals surface area (Å²) in [6.07, 6.45) is 5.07. The van der Waals surface area contributed by atoms with Gasteiger partial charge in [-0.25, -0.2) is 4.99 Å². The molecule has 8 heteroatoms. The van der Waals surface area contributed by atoms with Crippen LogP contribution in [0.4, 0.5) is 0 Å². The molecule has 2 N–H and O–H groups in total. The topological polar surface area (TPSA) is 79.6 Å². The van der Waals surface area contributed by atoms with Crippen molar-refractivity contribution in [3.8, 4) is 5.75 Å². The number of aliphatic imine (C=N–C) groups is 1. The number of para-hydroxylation sites is 1. The Kier molecular flexibility index (Phi) is 7.63. The maximum atomic E-state index is 6.07. The van der Waals surface area contributed by atoms with E-state index in [-0.39, 0.29) is 0 Å². The molecule has 1 aliphatic heterocycles. The van der Waals surface area contributed by atoms with Crippen LogP contribution in [0.2, 0.25) is 0 Å². The molecule has 2 heterocycles. The molecule has 8 nitrogen and oxygen atoms in total. The fraction of sp³-hybridized carbons (Fsp3) is 0.625. The van der Waals surface area contributed by atoms with E-state index in [0.717, 1.165) is 54.5 Å². The van der Waals surface area contributed by atoms with E-state index in [1.165, 1.54) is 32.2 Å². The third-order valence-corrected chi connectivity index (χ3v) is 6.56. The molecule has 1 aliphatic carbocycles. The molecule has 0 bridgehead atoms. The molecule has 0 radical (unpaired) electrons. The van der Waals surface area contributed by atoms with E-state index in [1.54, 1.807) is 0 Å². The predicted octanol–water partition coefficient (Wildman–Crippen LogP) is 2.63. The standard InChI is InChI=1S/C24H37N7O/c1-4-31-13-7-9-21(31)15-26-24(27-16-23-29-28-18(2)30(23)3)25-14-20-8-5-6-10-22(20)32-17-19-11-12-19/h5-6,8,10,19,21H,4,7,9,11-17H2,1-3H3,(H2,25,26,27). The fourth-order valence-electron chi connectivity index (χ4n) is 4.13. The monoisotopic (exact) mass is 439 g/mol. The Hall–Kier alpha value is -2.61. The Morgan fingerprint density at radius 3 is 2.78 bits per heavy atom. The molecular formula is C24H37N7O. The molecule has 1 atom stereocenters. The summed E-state index contributed by atoms with van der Waals surface area (Å²) in [6.45, 7) is 9.31. The zero-order chi connectivity index (χ0) is 22.3. The number of ether oxygens (including phenoxy) is 1. The van der Waals surface area contributed by atoms with E-state index in [0.29, 0.717) is 19.1 Å². The minimum atomic E-state index is 0.554. The molecule has 174 valence electrons. The Bertz CT molecular complexity index is 906. The number of benzene rings is 1. The maximum Gasteiger partial charge on any atom is 0.192 e. The second kappa shape index (κ2) is 10.8. The lowest BCUT2D eigenvalue weighted by atomic mass is 10.2. The van der Waals surface area contributed by atoms with Gasteiger partial charge in [0.1, 0.15) is 11.6 Å². The van der Waals surface area contributed by atoms with Crippen LogP contribution in [0.25, 0.3) is 0 Å². The average Bonchev–Trinajstić information content (AvgIpc) is 3.44. The molecule has 1 unspecified atom stereocenters. The molecule has 1 saturated heterocycles. The molecule has 1 aromatic carbocycles. The summed E-state index contributed by atoms with van der Waals surface area (Å²) in [4.78, 5) is 7.44. The lowest BCUT2D eigenvalue weighted by molar-refractivity contribution is 0.267. The molecule has 4 rings (SSSR count). The second-order valence-electron chi connectivity index (χ2n) is 8.91. The van der Waals surface area contributed by atoms with Crippen LogP contribution in [0.15, 0.2) is 29.3 Å². The van der Waals surface area contributed by atoms with Crippen molar-refractivity contribution in [3.05, 3.63) is 41.5 Å². The van der Waals surface area contributed by atoms with Crippen LogP contribution in [0.3, 0.4) is 0 Å². The second-order valence-corrected chi connectivity index (χ2v) is 8.91. The van der Waals surface area contributed by atoms with Crippen LogP contribution in [0.5, 0.6) is 5.75 Å². The van der Waals surface area contributed by atoms with Crippen molar-refractivity contribution >= 4 is 5.96 Å². The quantitative estimate of drug-likeness (QED) is 0.438. The van der Waals surface area contributed by atoms with E-state index >= 15 is 0 Å². The fourth-order valence-corrected chi connectivity index (χ4v) is 4.13. The molecule has 32 heavy (non-hydrogen) atoms. The number of likely N-dealkylation sites (tertiary alicyclic amines) is 1. The largest absolute Gasteiger partial charge is 0.493 e. The summed E-state index contributed by atoms with van der Waals surface area (Å²) in [6, 6.07) is 8.79. The van der Waals surface area contributed by atoms with Crippen molar-refractivity contribution in [2.75, 3.05) is 26.2 Å². The van der Waals surface area contributed by atoms with E-state index in [9.17, 15) is 0 Å². The van der Waals surface area contributed by atoms with Crippen molar-refractivity contribution in [3.63, 3.8) is 0 Å². The predicted molar refractivity (Wildman–Crippen MR) is 127 cm³/mol. The SMILES string of the molecule is CCN1CCCC1CNC(=NCc1ccccc1OCC1CC1)NCc1nnc(C)n1C. The first-order chi connectivity index (χ1) is 15.6. The summed E-state index contributed by atoms with van der Waals surface area (Å²) in [5.74, 6) is 4.26. The zero-order valence-corrected chi connectivity index (χ0v) is 19.7. The van der Waals surface area contributed by atoms with Gasteiger partial charge in [-0.05, 0) is 57.7 Å². The summed E-state index contributed by atoms with van der Waals surface area (Å²) in [5.41, 5.74) is 1.11. The number of aryl methyl sites for hydroxylation is 1. The molecule has 0 amide bonds. The van der Waals surface area contributed by atoms with Crippen LogP contribution in [-0.2, 0) is 20.1 Å². The number of guanidine groups is 1. The summed E-state index contributed by atoms with van der Waals surface area (Å²) >= 11 is 0. The third-order valence-electron chi connectivity index (χ3n) is 6.56. The van der Waals surface area contributed by atoms with Crippen molar-refractivity contribution in [1.82, 2.24) is 30.3 Å². The Morgan fingerprint density at radius 1 is 1.19 bits per heavy atom. The van der Waals surface area contributed by atoms with Crippen molar-refractivity contribution in [2.24, 2.45) is 18.0 Å². The minimum Gasteiger partial charge on any atom is -0.493 e. The van der Waals surface area contributed by atoms with Crippen LogP contribution in [-0.4, -0.2) is 57.9 Å². The number of nitrogens with zero attached hydrogens (tertiary/aromatic N) is 5. The van der Waals surface area contributed by atoms with Gasteiger partial charge in [0.05, 0.1) is 19.7 Å². The van der Waals surface area contributed by atoms with Crippen LogP contribution in [0.1, 0.15) is 49.8 Å². The number of nitrogens with one attached hydrogen (secondary N) is 2. The van der Waals surface area contributed by atoms with Gasteiger partial charge in [-0.1, -0.05) is 25.1 Å². The highest BCUT2D eigenvalue weighted by Crippen LogP contribution is 2.30. The first-order valence-electron chi connectivity index (χ1n) is 12.0. The summed E-state index contributed by atoms with van der Waals surface area (Å²) in [7, 11) is 1.99. The Balaban J connectivity index is 1.42. The van der Waals surface area contributed by atoms with Gasteiger partial charge in [0, 0.05) is 25.2 Å². The van der Waals surface area contributed by atoms with Gasteiger partial charge in [-0.3, -0.25) is 4.90 Å². The normalized spacial score (nSPS) is 19.3. The molecule has 2 aliphatic rings. The highest BCUT2D eigenvalue weighted by atomic mass is 16.5. The van der Waals surface area contributed by atoms with Crippen molar-refractivity contribution in [1.29, 1.82) is 0 Å².